The van der Waals surface area contributed by atoms with Gasteiger partial charge in [0.05, 0.1) is 12.8 Å². The Morgan fingerprint density at radius 3 is 2.84 bits per heavy atom. The first-order valence-electron chi connectivity index (χ1n) is 6.00. The van der Waals surface area contributed by atoms with Gasteiger partial charge in [0.1, 0.15) is 17.7 Å². The molecular weight excluding hydrogens is 252 g/mol. The summed E-state index contributed by atoms with van der Waals surface area (Å²) in [6.45, 7) is 2.90. The molecule has 102 valence electrons. The van der Waals surface area contributed by atoms with E-state index in [1.165, 1.54) is 12.1 Å². The van der Waals surface area contributed by atoms with E-state index in [0.717, 1.165) is 11.8 Å². The van der Waals surface area contributed by atoms with Gasteiger partial charge in [-0.3, -0.25) is 0 Å². The Bertz CT molecular complexity index is 514. The number of halogens is 2. The molecule has 1 heterocycles. The fraction of sp³-hybridized carbons (Fsp3) is 0.286. The predicted molar refractivity (Wildman–Crippen MR) is 66.9 cm³/mol. The van der Waals surface area contributed by atoms with E-state index < -0.39 is 11.6 Å². The third-order valence-electron chi connectivity index (χ3n) is 2.53. The van der Waals surface area contributed by atoms with E-state index >= 15 is 0 Å². The molecule has 2 rings (SSSR count). The minimum atomic E-state index is -0.696. The van der Waals surface area contributed by atoms with Crippen molar-refractivity contribution in [2.75, 3.05) is 6.54 Å². The average Bonchev–Trinajstić information content (AvgIpc) is 2.86. The van der Waals surface area contributed by atoms with E-state index in [0.29, 0.717) is 13.1 Å². The summed E-state index contributed by atoms with van der Waals surface area (Å²) in [5.74, 6) is -0.444. The second-order valence-corrected chi connectivity index (χ2v) is 4.21. The molecule has 0 saturated carbocycles. The van der Waals surface area contributed by atoms with Gasteiger partial charge in [-0.05, 0) is 31.2 Å². The number of furan rings is 1. The van der Waals surface area contributed by atoms with Crippen molar-refractivity contribution in [3.63, 3.8) is 0 Å². The quantitative estimate of drug-likeness (QED) is 0.873. The van der Waals surface area contributed by atoms with Crippen LogP contribution >= 0.6 is 0 Å². The summed E-state index contributed by atoms with van der Waals surface area (Å²) in [5.41, 5.74) is 0. The topological polar surface area (TPSA) is 34.4 Å². The number of rotatable bonds is 6. The molecular formula is C14H15F2NO2. The lowest BCUT2D eigenvalue weighted by Gasteiger charge is -2.15. The molecule has 0 aliphatic rings. The minimum absolute atomic E-state index is 0.0497. The molecule has 1 aromatic carbocycles. The first-order valence-corrected chi connectivity index (χ1v) is 6.00. The van der Waals surface area contributed by atoms with Gasteiger partial charge in [0.2, 0.25) is 0 Å². The number of hydrogen-bond acceptors (Lipinski definition) is 3. The second-order valence-electron chi connectivity index (χ2n) is 4.21. The smallest absolute Gasteiger partial charge is 0.167 e. The molecule has 0 bridgehead atoms. The lowest BCUT2D eigenvalue weighted by atomic mass is 10.3. The van der Waals surface area contributed by atoms with Crippen molar-refractivity contribution in [3.8, 4) is 5.75 Å². The highest BCUT2D eigenvalue weighted by molar-refractivity contribution is 5.24. The lowest BCUT2D eigenvalue weighted by molar-refractivity contribution is 0.206. The summed E-state index contributed by atoms with van der Waals surface area (Å²) in [6, 6.07) is 6.93. The van der Waals surface area contributed by atoms with Crippen molar-refractivity contribution in [2.45, 2.75) is 19.6 Å². The fourth-order valence-electron chi connectivity index (χ4n) is 1.64. The van der Waals surface area contributed by atoms with Gasteiger partial charge in [0.15, 0.2) is 11.6 Å². The van der Waals surface area contributed by atoms with E-state index in [-0.39, 0.29) is 11.9 Å². The maximum Gasteiger partial charge on any atom is 0.167 e. The number of ether oxygens (including phenoxy) is 1. The number of hydrogen-bond donors (Lipinski definition) is 1. The maximum atomic E-state index is 13.4. The molecule has 0 aliphatic carbocycles. The Morgan fingerprint density at radius 1 is 1.32 bits per heavy atom. The highest BCUT2D eigenvalue weighted by Gasteiger charge is 2.09. The van der Waals surface area contributed by atoms with Crippen LogP contribution in [0.2, 0.25) is 0 Å². The molecule has 2 aromatic rings. The second kappa shape index (κ2) is 6.33. The average molecular weight is 267 g/mol. The normalized spacial score (nSPS) is 12.4. The van der Waals surface area contributed by atoms with Crippen molar-refractivity contribution in [1.29, 1.82) is 0 Å². The van der Waals surface area contributed by atoms with Crippen molar-refractivity contribution in [2.24, 2.45) is 0 Å². The molecule has 3 nitrogen and oxygen atoms in total. The van der Waals surface area contributed by atoms with Gasteiger partial charge in [-0.1, -0.05) is 0 Å². The summed E-state index contributed by atoms with van der Waals surface area (Å²) < 4.78 is 36.6. The highest BCUT2D eigenvalue weighted by atomic mass is 19.1. The van der Waals surface area contributed by atoms with Crippen molar-refractivity contribution < 1.29 is 17.9 Å². The van der Waals surface area contributed by atoms with Crippen LogP contribution in [0.15, 0.2) is 41.0 Å². The van der Waals surface area contributed by atoms with Crippen LogP contribution in [0.3, 0.4) is 0 Å². The van der Waals surface area contributed by atoms with Crippen LogP contribution in [-0.4, -0.2) is 12.6 Å². The minimum Gasteiger partial charge on any atom is -0.486 e. The Labute approximate surface area is 110 Å². The van der Waals surface area contributed by atoms with Crippen LogP contribution < -0.4 is 10.1 Å². The highest BCUT2D eigenvalue weighted by Crippen LogP contribution is 2.18. The zero-order valence-electron chi connectivity index (χ0n) is 10.5. The fourth-order valence-corrected chi connectivity index (χ4v) is 1.64. The van der Waals surface area contributed by atoms with Gasteiger partial charge in [-0.15, -0.1) is 0 Å². The molecule has 19 heavy (non-hydrogen) atoms. The molecule has 0 fully saturated rings. The SMILES string of the molecule is CC(CNCc1ccco1)Oc1ccc(F)cc1F. The zero-order chi connectivity index (χ0) is 13.7. The van der Waals surface area contributed by atoms with E-state index in [9.17, 15) is 8.78 Å². The van der Waals surface area contributed by atoms with Crippen LogP contribution in [-0.2, 0) is 6.54 Å². The summed E-state index contributed by atoms with van der Waals surface area (Å²) >= 11 is 0. The van der Waals surface area contributed by atoms with Crippen molar-refractivity contribution >= 4 is 0 Å². The Morgan fingerprint density at radius 2 is 2.16 bits per heavy atom. The van der Waals surface area contributed by atoms with Gasteiger partial charge in [-0.2, -0.15) is 0 Å². The Kier molecular flexibility index (Phi) is 4.52. The van der Waals surface area contributed by atoms with Crippen molar-refractivity contribution in [1.82, 2.24) is 5.32 Å². The van der Waals surface area contributed by atoms with Crippen molar-refractivity contribution in [3.05, 3.63) is 54.0 Å². The summed E-state index contributed by atoms with van der Waals surface area (Å²) in [4.78, 5) is 0. The summed E-state index contributed by atoms with van der Waals surface area (Å²) in [5, 5.41) is 3.12. The molecule has 1 N–H and O–H groups in total. The maximum absolute atomic E-state index is 13.4. The molecule has 1 aromatic heterocycles. The van der Waals surface area contributed by atoms with E-state index in [1.807, 2.05) is 12.1 Å². The van der Waals surface area contributed by atoms with Crippen LogP contribution in [0.25, 0.3) is 0 Å². The van der Waals surface area contributed by atoms with Gasteiger partial charge in [0, 0.05) is 12.6 Å². The van der Waals surface area contributed by atoms with E-state index in [4.69, 9.17) is 9.15 Å². The first kappa shape index (κ1) is 13.5. The summed E-state index contributed by atoms with van der Waals surface area (Å²) in [6.07, 6.45) is 1.36. The first-order chi connectivity index (χ1) is 9.15. The molecule has 0 amide bonds. The molecule has 1 atom stereocenters. The number of benzene rings is 1. The lowest BCUT2D eigenvalue weighted by Crippen LogP contribution is -2.28. The van der Waals surface area contributed by atoms with E-state index in [1.54, 1.807) is 13.2 Å². The molecule has 1 unspecified atom stereocenters. The third kappa shape index (κ3) is 4.06. The Hall–Kier alpha value is -1.88. The van der Waals surface area contributed by atoms with Gasteiger partial charge >= 0.3 is 0 Å². The van der Waals surface area contributed by atoms with E-state index in [2.05, 4.69) is 5.32 Å². The third-order valence-corrected chi connectivity index (χ3v) is 2.53. The van der Waals surface area contributed by atoms with Gasteiger partial charge in [-0.25, -0.2) is 8.78 Å². The predicted octanol–water partition coefficient (Wildman–Crippen LogP) is 3.11. The molecule has 5 heteroatoms. The summed E-state index contributed by atoms with van der Waals surface area (Å²) in [7, 11) is 0. The van der Waals surface area contributed by atoms with Crippen LogP contribution in [0.1, 0.15) is 12.7 Å². The monoisotopic (exact) mass is 267 g/mol. The number of nitrogens with one attached hydrogen (secondary N) is 1. The zero-order valence-corrected chi connectivity index (χ0v) is 10.5. The molecule has 0 spiro atoms. The molecule has 0 radical (unpaired) electrons. The largest absolute Gasteiger partial charge is 0.486 e. The van der Waals surface area contributed by atoms with Crippen LogP contribution in [0, 0.1) is 11.6 Å². The molecule has 0 saturated heterocycles. The van der Waals surface area contributed by atoms with Gasteiger partial charge < -0.3 is 14.5 Å². The molecule has 0 aliphatic heterocycles. The van der Waals surface area contributed by atoms with Gasteiger partial charge in [0.25, 0.3) is 0 Å². The van der Waals surface area contributed by atoms with Crippen LogP contribution in [0.5, 0.6) is 5.75 Å². The van der Waals surface area contributed by atoms with Crippen LogP contribution in [0.4, 0.5) is 8.78 Å². The standard InChI is InChI=1S/C14H15F2NO2/c1-10(8-17-9-12-3-2-6-18-12)19-14-5-4-11(15)7-13(14)16/h2-7,10,17H,8-9H2,1H3. The Balaban J connectivity index is 1.79.